The van der Waals surface area contributed by atoms with E-state index >= 15 is 0 Å². The minimum absolute atomic E-state index is 0.427. The van der Waals surface area contributed by atoms with E-state index in [-0.39, 0.29) is 0 Å². The summed E-state index contributed by atoms with van der Waals surface area (Å²) in [6, 6.07) is 0.562. The molecule has 3 atom stereocenters. The summed E-state index contributed by atoms with van der Waals surface area (Å²) >= 11 is 0. The third-order valence-corrected chi connectivity index (χ3v) is 5.02. The van der Waals surface area contributed by atoms with Crippen LogP contribution in [0.4, 0.5) is 0 Å². The molecule has 1 aliphatic carbocycles. The summed E-state index contributed by atoms with van der Waals surface area (Å²) in [4.78, 5) is 0. The molecule has 1 saturated heterocycles. The van der Waals surface area contributed by atoms with Crippen molar-refractivity contribution in [2.24, 2.45) is 11.8 Å². The van der Waals surface area contributed by atoms with E-state index in [1.54, 1.807) is 0 Å². The van der Waals surface area contributed by atoms with E-state index in [0.29, 0.717) is 17.2 Å². The van der Waals surface area contributed by atoms with Gasteiger partial charge in [0.25, 0.3) is 0 Å². The highest BCUT2D eigenvalue weighted by Crippen LogP contribution is 2.37. The van der Waals surface area contributed by atoms with Crippen molar-refractivity contribution in [2.75, 3.05) is 12.3 Å². The molecule has 0 spiro atoms. The van der Waals surface area contributed by atoms with Crippen LogP contribution in [-0.4, -0.2) is 27.8 Å². The van der Waals surface area contributed by atoms with E-state index in [1.807, 2.05) is 0 Å². The minimum Gasteiger partial charge on any atom is -0.312 e. The van der Waals surface area contributed by atoms with Gasteiger partial charge in [-0.3, -0.25) is 4.21 Å². The Morgan fingerprint density at radius 3 is 2.71 bits per heavy atom. The first-order valence-electron chi connectivity index (χ1n) is 5.79. The second-order valence-electron chi connectivity index (χ2n) is 5.07. The molecule has 3 heteroatoms. The Morgan fingerprint density at radius 1 is 1.43 bits per heavy atom. The van der Waals surface area contributed by atoms with Crippen molar-refractivity contribution in [1.29, 1.82) is 0 Å². The second kappa shape index (κ2) is 4.31. The van der Waals surface area contributed by atoms with E-state index in [4.69, 9.17) is 0 Å². The number of hydrogen-bond acceptors (Lipinski definition) is 2. The van der Waals surface area contributed by atoms with Gasteiger partial charge in [0.2, 0.25) is 0 Å². The topological polar surface area (TPSA) is 29.1 Å². The van der Waals surface area contributed by atoms with E-state index in [0.717, 1.165) is 24.6 Å². The first kappa shape index (κ1) is 10.6. The van der Waals surface area contributed by atoms with Crippen LogP contribution in [0.2, 0.25) is 0 Å². The predicted molar refractivity (Wildman–Crippen MR) is 60.8 cm³/mol. The molecule has 1 N–H and O–H groups in total. The van der Waals surface area contributed by atoms with Crippen molar-refractivity contribution >= 4 is 10.8 Å². The molecule has 0 amide bonds. The quantitative estimate of drug-likeness (QED) is 0.773. The zero-order valence-electron chi connectivity index (χ0n) is 9.16. The maximum absolute atomic E-state index is 11.9. The van der Waals surface area contributed by atoms with Gasteiger partial charge in [0.15, 0.2) is 0 Å². The summed E-state index contributed by atoms with van der Waals surface area (Å²) in [5.41, 5.74) is 0. The minimum atomic E-state index is -0.572. The van der Waals surface area contributed by atoms with Crippen molar-refractivity contribution < 1.29 is 4.21 Å². The van der Waals surface area contributed by atoms with E-state index in [9.17, 15) is 4.21 Å². The molecular formula is C11H21NOS. The van der Waals surface area contributed by atoms with Crippen LogP contribution in [0.25, 0.3) is 0 Å². The molecule has 0 aromatic carbocycles. The van der Waals surface area contributed by atoms with Crippen LogP contribution < -0.4 is 5.32 Å². The zero-order valence-corrected chi connectivity index (χ0v) is 9.98. The number of hydrogen-bond donors (Lipinski definition) is 1. The molecule has 82 valence electrons. The molecule has 0 radical (unpaired) electrons. The van der Waals surface area contributed by atoms with Gasteiger partial charge in [0, 0.05) is 29.1 Å². The Bertz CT molecular complexity index is 225. The van der Waals surface area contributed by atoms with Crippen LogP contribution in [0.3, 0.4) is 0 Å². The molecule has 2 aliphatic rings. The van der Waals surface area contributed by atoms with Crippen LogP contribution in [0, 0.1) is 11.8 Å². The highest BCUT2D eigenvalue weighted by Gasteiger charge is 2.40. The number of nitrogens with one attached hydrogen (secondary N) is 1. The average molecular weight is 215 g/mol. The van der Waals surface area contributed by atoms with Gasteiger partial charge >= 0.3 is 0 Å². The summed E-state index contributed by atoms with van der Waals surface area (Å²) in [5.74, 6) is 2.37. The lowest BCUT2D eigenvalue weighted by atomic mass is 9.99. The third kappa shape index (κ3) is 2.37. The molecular weight excluding hydrogens is 194 g/mol. The van der Waals surface area contributed by atoms with Gasteiger partial charge in [-0.1, -0.05) is 13.8 Å². The molecule has 0 aromatic heterocycles. The van der Waals surface area contributed by atoms with E-state index in [2.05, 4.69) is 19.2 Å². The SMILES string of the molecule is CC(C)CC1C(C2CC2)NCCS1=O. The van der Waals surface area contributed by atoms with E-state index in [1.165, 1.54) is 12.8 Å². The molecule has 0 bridgehead atoms. The van der Waals surface area contributed by atoms with Crippen molar-refractivity contribution in [3.8, 4) is 0 Å². The summed E-state index contributed by atoms with van der Waals surface area (Å²) in [6.07, 6.45) is 3.83. The summed E-state index contributed by atoms with van der Waals surface area (Å²) in [6.45, 7) is 5.42. The molecule has 1 aliphatic heterocycles. The lowest BCUT2D eigenvalue weighted by Gasteiger charge is -2.33. The van der Waals surface area contributed by atoms with Gasteiger partial charge in [-0.2, -0.15) is 0 Å². The van der Waals surface area contributed by atoms with Crippen LogP contribution in [0.15, 0.2) is 0 Å². The Labute approximate surface area is 89.3 Å². The van der Waals surface area contributed by atoms with Crippen molar-refractivity contribution in [2.45, 2.75) is 44.4 Å². The van der Waals surface area contributed by atoms with Gasteiger partial charge in [-0.25, -0.2) is 0 Å². The van der Waals surface area contributed by atoms with Gasteiger partial charge in [0.05, 0.1) is 5.25 Å². The summed E-state index contributed by atoms with van der Waals surface area (Å²) in [7, 11) is -0.572. The van der Waals surface area contributed by atoms with E-state index < -0.39 is 10.8 Å². The molecule has 0 aromatic rings. The lowest BCUT2D eigenvalue weighted by molar-refractivity contribution is 0.396. The maximum Gasteiger partial charge on any atom is 0.0506 e. The molecule has 3 unspecified atom stereocenters. The Hall–Kier alpha value is 0.110. The number of rotatable bonds is 3. The van der Waals surface area contributed by atoms with Gasteiger partial charge < -0.3 is 5.32 Å². The third-order valence-electron chi connectivity index (χ3n) is 3.26. The standard InChI is InChI=1S/C11H21NOS/c1-8(2)7-10-11(9-3-4-9)12-5-6-14(10)13/h8-12H,3-7H2,1-2H3. The van der Waals surface area contributed by atoms with Crippen LogP contribution in [-0.2, 0) is 10.8 Å². The fraction of sp³-hybridized carbons (Fsp3) is 1.00. The van der Waals surface area contributed by atoms with Crippen molar-refractivity contribution in [3.63, 3.8) is 0 Å². The predicted octanol–water partition coefficient (Wildman–Crippen LogP) is 1.53. The lowest BCUT2D eigenvalue weighted by Crippen LogP contribution is -2.51. The Morgan fingerprint density at radius 2 is 2.14 bits per heavy atom. The fourth-order valence-electron chi connectivity index (χ4n) is 2.42. The van der Waals surface area contributed by atoms with Crippen molar-refractivity contribution in [1.82, 2.24) is 5.32 Å². The Balaban J connectivity index is 2.00. The first-order valence-corrected chi connectivity index (χ1v) is 7.17. The zero-order chi connectivity index (χ0) is 10.1. The van der Waals surface area contributed by atoms with Gasteiger partial charge in [-0.05, 0) is 31.1 Å². The average Bonchev–Trinajstić information content (AvgIpc) is 2.90. The second-order valence-corrected chi connectivity index (χ2v) is 6.85. The molecule has 1 saturated carbocycles. The summed E-state index contributed by atoms with van der Waals surface area (Å²) < 4.78 is 11.9. The largest absolute Gasteiger partial charge is 0.312 e. The molecule has 2 nitrogen and oxygen atoms in total. The fourth-order valence-corrected chi connectivity index (χ4v) is 4.28. The maximum atomic E-state index is 11.9. The van der Waals surface area contributed by atoms with Crippen LogP contribution in [0.5, 0.6) is 0 Å². The molecule has 14 heavy (non-hydrogen) atoms. The normalized spacial score (nSPS) is 38.9. The van der Waals surface area contributed by atoms with Gasteiger partial charge in [-0.15, -0.1) is 0 Å². The monoisotopic (exact) mass is 215 g/mol. The summed E-state index contributed by atoms with van der Waals surface area (Å²) in [5, 5.41) is 4.00. The highest BCUT2D eigenvalue weighted by atomic mass is 32.2. The molecule has 2 fully saturated rings. The van der Waals surface area contributed by atoms with Gasteiger partial charge in [0.1, 0.15) is 0 Å². The van der Waals surface area contributed by atoms with Crippen molar-refractivity contribution in [3.05, 3.63) is 0 Å². The van der Waals surface area contributed by atoms with Crippen LogP contribution in [0.1, 0.15) is 33.1 Å². The Kier molecular flexibility index (Phi) is 3.27. The highest BCUT2D eigenvalue weighted by molar-refractivity contribution is 7.85. The smallest absolute Gasteiger partial charge is 0.0506 e. The van der Waals surface area contributed by atoms with Crippen LogP contribution >= 0.6 is 0 Å². The molecule has 2 rings (SSSR count). The first-order chi connectivity index (χ1) is 6.68. The molecule has 1 heterocycles.